The highest BCUT2D eigenvalue weighted by Gasteiger charge is 2.33. The molecule has 0 radical (unpaired) electrons. The minimum atomic E-state index is -1.68. The van der Waals surface area contributed by atoms with Gasteiger partial charge in [0, 0.05) is 18.6 Å². The molecule has 0 unspecified atom stereocenters. The molecule has 0 aromatic heterocycles. The topological polar surface area (TPSA) is 280 Å². The molecular weight excluding hydrogens is 600 g/mol. The second kappa shape index (κ2) is 18.3. The van der Waals surface area contributed by atoms with Crippen LogP contribution in [0, 0.1) is 5.92 Å². The lowest BCUT2D eigenvalue weighted by atomic mass is 10.0. The van der Waals surface area contributed by atoms with Crippen molar-refractivity contribution in [2.24, 2.45) is 17.4 Å². The number of phenolic OH excluding ortho intramolecular Hbond substituents is 1. The Kier molecular flexibility index (Phi) is 15.7. The van der Waals surface area contributed by atoms with E-state index in [4.69, 9.17) is 16.6 Å². The van der Waals surface area contributed by atoms with Crippen LogP contribution in [0.4, 0.5) is 0 Å². The van der Waals surface area contributed by atoms with E-state index in [-0.39, 0.29) is 36.7 Å². The molecule has 5 amide bonds. The van der Waals surface area contributed by atoms with Gasteiger partial charge in [-0.25, -0.2) is 4.79 Å². The number of hydrogen-bond donors (Lipinski definition) is 10. The maximum absolute atomic E-state index is 13.3. The monoisotopic (exact) mass is 640 g/mol. The molecule has 5 atom stereocenters. The van der Waals surface area contributed by atoms with Crippen LogP contribution in [0.1, 0.15) is 45.1 Å². The first-order chi connectivity index (χ1) is 20.5. The minimum Gasteiger partial charge on any atom is -0.508 e. The lowest BCUT2D eigenvalue weighted by Gasteiger charge is -2.26. The fourth-order valence-electron chi connectivity index (χ4n) is 3.92. The first kappa shape index (κ1) is 37.6. The number of nitrogens with two attached hydrogens (primary N) is 2. The Morgan fingerprint density at radius 3 is 1.80 bits per heavy atom. The van der Waals surface area contributed by atoms with Crippen molar-refractivity contribution in [1.82, 2.24) is 21.3 Å². The van der Waals surface area contributed by atoms with Crippen molar-refractivity contribution in [2.75, 3.05) is 5.75 Å². The van der Waals surface area contributed by atoms with Crippen LogP contribution < -0.4 is 32.7 Å². The van der Waals surface area contributed by atoms with E-state index in [2.05, 4.69) is 33.9 Å². The molecule has 0 fully saturated rings. The average Bonchev–Trinajstić information content (AvgIpc) is 2.92. The molecule has 0 aliphatic heterocycles. The predicted octanol–water partition coefficient (Wildman–Crippen LogP) is -2.00. The highest BCUT2D eigenvalue weighted by Crippen LogP contribution is 2.12. The molecule has 1 rings (SSSR count). The van der Waals surface area contributed by atoms with Crippen molar-refractivity contribution in [1.29, 1.82) is 0 Å². The largest absolute Gasteiger partial charge is 0.508 e. The first-order valence-corrected chi connectivity index (χ1v) is 14.3. The molecule has 1 aromatic carbocycles. The molecule has 244 valence electrons. The van der Waals surface area contributed by atoms with Crippen LogP contribution in [0.2, 0.25) is 0 Å². The molecule has 0 aliphatic carbocycles. The number of aliphatic carboxylic acids is 2. The summed E-state index contributed by atoms with van der Waals surface area (Å²) in [5.74, 6) is -7.71. The maximum Gasteiger partial charge on any atom is 0.327 e. The summed E-state index contributed by atoms with van der Waals surface area (Å²) in [4.78, 5) is 86.5. The molecule has 1 aromatic rings. The number of nitrogens with one attached hydrogen (secondary N) is 4. The number of hydrogen-bond acceptors (Lipinski definition) is 10. The number of carbonyl (C=O) groups is 7. The van der Waals surface area contributed by atoms with Crippen LogP contribution in [0.25, 0.3) is 0 Å². The van der Waals surface area contributed by atoms with Gasteiger partial charge in [-0.05, 0) is 36.5 Å². The van der Waals surface area contributed by atoms with Gasteiger partial charge in [-0.2, -0.15) is 12.6 Å². The van der Waals surface area contributed by atoms with Crippen LogP contribution in [-0.2, 0) is 40.0 Å². The van der Waals surface area contributed by atoms with E-state index in [0.717, 1.165) is 0 Å². The van der Waals surface area contributed by atoms with Gasteiger partial charge in [-0.1, -0.05) is 26.0 Å². The Morgan fingerprint density at radius 1 is 0.795 bits per heavy atom. The normalized spacial score (nSPS) is 14.3. The number of carboxylic acid groups (broad SMARTS) is 2. The number of carbonyl (C=O) groups excluding carboxylic acids is 5. The van der Waals surface area contributed by atoms with Crippen LogP contribution >= 0.6 is 12.6 Å². The zero-order chi connectivity index (χ0) is 33.6. The number of primary amides is 1. The zero-order valence-electron chi connectivity index (χ0n) is 24.3. The SMILES string of the molecule is CC(C)C[C@H](N)C(=O)N[C@@H](CCC(=O)O)C(=O)N[C@@H](CC(N)=O)C(=O)N[C@@H](Cc1ccc(O)cc1)C(=O)N[C@@H](CS)C(=O)O. The summed E-state index contributed by atoms with van der Waals surface area (Å²) in [6.45, 7) is 3.65. The molecule has 0 bridgehead atoms. The van der Waals surface area contributed by atoms with Crippen molar-refractivity contribution in [3.63, 3.8) is 0 Å². The fourth-order valence-corrected chi connectivity index (χ4v) is 4.17. The number of amides is 5. The van der Waals surface area contributed by atoms with E-state index in [0.29, 0.717) is 5.56 Å². The number of thiol groups is 1. The van der Waals surface area contributed by atoms with E-state index < -0.39 is 84.5 Å². The zero-order valence-corrected chi connectivity index (χ0v) is 25.2. The molecule has 16 nitrogen and oxygen atoms in total. The average molecular weight is 641 g/mol. The van der Waals surface area contributed by atoms with Gasteiger partial charge >= 0.3 is 11.9 Å². The summed E-state index contributed by atoms with van der Waals surface area (Å²) in [5.41, 5.74) is 11.6. The highest BCUT2D eigenvalue weighted by molar-refractivity contribution is 7.80. The second-order valence-corrected chi connectivity index (χ2v) is 10.8. The lowest BCUT2D eigenvalue weighted by Crippen LogP contribution is -2.59. The number of benzene rings is 1. The van der Waals surface area contributed by atoms with Gasteiger partial charge in [0.15, 0.2) is 0 Å². The number of rotatable bonds is 19. The molecule has 0 heterocycles. The summed E-state index contributed by atoms with van der Waals surface area (Å²) < 4.78 is 0. The Balaban J connectivity index is 3.25. The van der Waals surface area contributed by atoms with Gasteiger partial charge < -0.3 is 48.1 Å². The van der Waals surface area contributed by atoms with Crippen molar-refractivity contribution >= 4 is 54.1 Å². The van der Waals surface area contributed by atoms with E-state index >= 15 is 0 Å². The maximum atomic E-state index is 13.3. The highest BCUT2D eigenvalue weighted by atomic mass is 32.1. The number of carboxylic acids is 2. The van der Waals surface area contributed by atoms with Gasteiger partial charge in [0.1, 0.15) is 29.9 Å². The summed E-state index contributed by atoms with van der Waals surface area (Å²) in [7, 11) is 0. The van der Waals surface area contributed by atoms with Crippen molar-refractivity contribution in [3.05, 3.63) is 29.8 Å². The number of phenols is 1. The fraction of sp³-hybridized carbons (Fsp3) is 0.519. The van der Waals surface area contributed by atoms with Gasteiger partial charge in [-0.3, -0.25) is 28.8 Å². The molecule has 44 heavy (non-hydrogen) atoms. The van der Waals surface area contributed by atoms with Gasteiger partial charge in [-0.15, -0.1) is 0 Å². The Hall–Kier alpha value is -4.38. The summed E-state index contributed by atoms with van der Waals surface area (Å²) in [6, 6.07) is -1.42. The van der Waals surface area contributed by atoms with Crippen LogP contribution in [-0.4, -0.2) is 92.8 Å². The first-order valence-electron chi connectivity index (χ1n) is 13.6. The summed E-state index contributed by atoms with van der Waals surface area (Å²) in [6.07, 6.45) is -1.58. The molecule has 0 saturated heterocycles. The third-order valence-electron chi connectivity index (χ3n) is 6.19. The predicted molar refractivity (Wildman–Crippen MR) is 159 cm³/mol. The third-order valence-corrected chi connectivity index (χ3v) is 6.55. The standard InChI is InChI=1S/C27H40N6O10S/c1-13(2)9-16(28)23(38)30-17(7-8-22(36)37)24(39)32-19(11-21(29)35)26(41)31-18(10-14-3-5-15(34)6-4-14)25(40)33-20(12-44)27(42)43/h3-6,13,16-20,34,44H,7-12,28H2,1-2H3,(H2,29,35)(H,30,38)(H,31,41)(H,32,39)(H,33,40)(H,36,37)(H,42,43)/t16-,17-,18-,19-,20-/m0/s1. The van der Waals surface area contributed by atoms with Crippen LogP contribution in [0.5, 0.6) is 5.75 Å². The summed E-state index contributed by atoms with van der Waals surface area (Å²) >= 11 is 3.90. The smallest absolute Gasteiger partial charge is 0.327 e. The third kappa shape index (κ3) is 13.7. The molecule has 17 heteroatoms. The Bertz CT molecular complexity index is 1200. The van der Waals surface area contributed by atoms with E-state index in [1.54, 1.807) is 0 Å². The van der Waals surface area contributed by atoms with Crippen molar-refractivity contribution in [3.8, 4) is 5.75 Å². The van der Waals surface area contributed by atoms with Gasteiger partial charge in [0.2, 0.25) is 29.5 Å². The Labute approximate surface area is 259 Å². The molecule has 0 aliphatic rings. The van der Waals surface area contributed by atoms with Crippen LogP contribution in [0.15, 0.2) is 24.3 Å². The quantitative estimate of drug-likeness (QED) is 0.0738. The lowest BCUT2D eigenvalue weighted by molar-refractivity contribution is -0.142. The van der Waals surface area contributed by atoms with E-state index in [1.165, 1.54) is 24.3 Å². The van der Waals surface area contributed by atoms with Gasteiger partial charge in [0.05, 0.1) is 12.5 Å². The Morgan fingerprint density at radius 2 is 1.30 bits per heavy atom. The van der Waals surface area contributed by atoms with E-state index in [9.17, 15) is 43.8 Å². The molecule has 11 N–H and O–H groups in total. The molecule has 0 spiro atoms. The van der Waals surface area contributed by atoms with E-state index in [1.807, 2.05) is 13.8 Å². The van der Waals surface area contributed by atoms with Crippen molar-refractivity contribution < 1.29 is 48.9 Å². The second-order valence-electron chi connectivity index (χ2n) is 10.5. The minimum absolute atomic E-state index is 0.0379. The van der Waals surface area contributed by atoms with Crippen LogP contribution in [0.3, 0.4) is 0 Å². The van der Waals surface area contributed by atoms with Crippen molar-refractivity contribution in [2.45, 2.75) is 76.2 Å². The number of aromatic hydroxyl groups is 1. The molecule has 0 saturated carbocycles. The molecular formula is C27H40N6O10S. The van der Waals surface area contributed by atoms with Gasteiger partial charge in [0.25, 0.3) is 0 Å². The summed E-state index contributed by atoms with van der Waals surface area (Å²) in [5, 5.41) is 37.2.